The van der Waals surface area contributed by atoms with Gasteiger partial charge < -0.3 is 4.57 Å². The zero-order valence-electron chi connectivity index (χ0n) is 19.6. The molecule has 1 aromatic heterocycles. The van der Waals surface area contributed by atoms with Gasteiger partial charge in [-0.05, 0) is 70.3 Å². The van der Waals surface area contributed by atoms with E-state index < -0.39 is 10.0 Å². The van der Waals surface area contributed by atoms with Crippen LogP contribution >= 0.6 is 0 Å². The Kier molecular flexibility index (Phi) is 5.58. The molecule has 0 atom stereocenters. The summed E-state index contributed by atoms with van der Waals surface area (Å²) in [4.78, 5) is 0. The summed E-state index contributed by atoms with van der Waals surface area (Å²) in [7, 11) is -3.16. The molecule has 0 bridgehead atoms. The zero-order valence-corrected chi connectivity index (χ0v) is 20.5. The van der Waals surface area contributed by atoms with Crippen LogP contribution in [0.1, 0.15) is 39.2 Å². The highest BCUT2D eigenvalue weighted by molar-refractivity contribution is 7.90. The third kappa shape index (κ3) is 4.85. The fourth-order valence-corrected chi connectivity index (χ4v) is 5.99. The number of sulfonamides is 1. The van der Waals surface area contributed by atoms with Crippen molar-refractivity contribution in [1.29, 1.82) is 0 Å². The van der Waals surface area contributed by atoms with Crippen molar-refractivity contribution >= 4 is 31.7 Å². The van der Waals surface area contributed by atoms with E-state index in [-0.39, 0.29) is 10.7 Å². The van der Waals surface area contributed by atoms with Crippen LogP contribution in [0.15, 0.2) is 66.9 Å². The maximum atomic E-state index is 12.2. The van der Waals surface area contributed by atoms with Gasteiger partial charge in [0.2, 0.25) is 10.0 Å². The van der Waals surface area contributed by atoms with Crippen LogP contribution in [-0.2, 0) is 23.0 Å². The van der Waals surface area contributed by atoms with Gasteiger partial charge in [0.05, 0.1) is 5.25 Å². The Labute approximate surface area is 196 Å². The molecule has 0 spiro atoms. The van der Waals surface area contributed by atoms with Crippen molar-refractivity contribution in [2.24, 2.45) is 5.41 Å². The van der Waals surface area contributed by atoms with Gasteiger partial charge in [-0.15, -0.1) is 0 Å². The van der Waals surface area contributed by atoms with Crippen molar-refractivity contribution in [3.05, 3.63) is 72.4 Å². The number of benzene rings is 3. The Balaban J connectivity index is 1.49. The van der Waals surface area contributed by atoms with Crippen LogP contribution < -0.4 is 4.72 Å². The van der Waals surface area contributed by atoms with Crippen molar-refractivity contribution in [3.63, 3.8) is 0 Å². The molecule has 1 aliphatic rings. The smallest absolute Gasteiger partial charge is 0.214 e. The molecule has 1 N–H and O–H groups in total. The molecule has 4 aromatic rings. The summed E-state index contributed by atoms with van der Waals surface area (Å²) in [5.74, 6) is 0. The minimum absolute atomic E-state index is 0.158. The summed E-state index contributed by atoms with van der Waals surface area (Å²) in [5, 5.41) is 3.56. The predicted molar refractivity (Wildman–Crippen MR) is 138 cm³/mol. The fourth-order valence-electron chi connectivity index (χ4n) is 4.62. The summed E-state index contributed by atoms with van der Waals surface area (Å²) >= 11 is 0. The van der Waals surface area contributed by atoms with Crippen LogP contribution in [-0.4, -0.2) is 24.8 Å². The zero-order chi connectivity index (χ0) is 23.2. The monoisotopic (exact) mass is 460 g/mol. The van der Waals surface area contributed by atoms with Crippen molar-refractivity contribution in [3.8, 4) is 11.1 Å². The van der Waals surface area contributed by atoms with E-state index in [1.54, 1.807) is 0 Å². The Bertz CT molecular complexity index is 1420. The maximum absolute atomic E-state index is 12.2. The summed E-state index contributed by atoms with van der Waals surface area (Å²) in [6, 6.07) is 21.7. The number of nitrogens with one attached hydrogen (secondary N) is 1. The topological polar surface area (TPSA) is 51.1 Å². The first-order valence-electron chi connectivity index (χ1n) is 11.8. The van der Waals surface area contributed by atoms with Crippen molar-refractivity contribution in [1.82, 2.24) is 9.29 Å². The quantitative estimate of drug-likeness (QED) is 0.361. The van der Waals surface area contributed by atoms with E-state index in [1.165, 1.54) is 32.8 Å². The molecule has 0 radical (unpaired) electrons. The van der Waals surface area contributed by atoms with Crippen molar-refractivity contribution < 1.29 is 8.42 Å². The summed E-state index contributed by atoms with van der Waals surface area (Å²) in [6.07, 6.45) is 4.75. The highest BCUT2D eigenvalue weighted by Gasteiger charge is 2.35. The third-order valence-electron chi connectivity index (χ3n) is 6.39. The molecular weight excluding hydrogens is 428 g/mol. The highest BCUT2D eigenvalue weighted by Crippen LogP contribution is 2.33. The minimum atomic E-state index is -3.16. The molecule has 1 fully saturated rings. The Morgan fingerprint density at radius 1 is 0.939 bits per heavy atom. The Morgan fingerprint density at radius 3 is 2.36 bits per heavy atom. The fraction of sp³-hybridized carbons (Fsp3) is 0.357. The van der Waals surface area contributed by atoms with E-state index in [0.717, 1.165) is 24.8 Å². The molecule has 33 heavy (non-hydrogen) atoms. The van der Waals surface area contributed by atoms with Crippen LogP contribution in [0, 0.1) is 5.41 Å². The van der Waals surface area contributed by atoms with Gasteiger partial charge in [-0.1, -0.05) is 63.2 Å². The lowest BCUT2D eigenvalue weighted by Gasteiger charge is -2.17. The largest absolute Gasteiger partial charge is 0.346 e. The van der Waals surface area contributed by atoms with E-state index in [1.807, 2.05) is 0 Å². The van der Waals surface area contributed by atoms with Crippen LogP contribution in [0.3, 0.4) is 0 Å². The molecule has 1 heterocycles. The molecule has 1 saturated carbocycles. The molecule has 4 nitrogen and oxygen atoms in total. The van der Waals surface area contributed by atoms with Crippen LogP contribution in [0.5, 0.6) is 0 Å². The number of rotatable bonds is 7. The molecule has 0 aliphatic heterocycles. The van der Waals surface area contributed by atoms with Crippen LogP contribution in [0.25, 0.3) is 32.8 Å². The van der Waals surface area contributed by atoms with Gasteiger partial charge >= 0.3 is 0 Å². The Morgan fingerprint density at radius 2 is 1.64 bits per heavy atom. The number of fused-ring (bicyclic) bond motifs is 2. The second kappa shape index (κ2) is 8.30. The third-order valence-corrected chi connectivity index (χ3v) is 8.34. The van der Waals surface area contributed by atoms with Gasteiger partial charge in [-0.3, -0.25) is 0 Å². The predicted octanol–water partition coefficient (Wildman–Crippen LogP) is 6.13. The SMILES string of the molecule is CC(C)(C)Cc1cn(CCNS(=O)(=O)C2CC2)c2ccc(-c3ccc4ccccc4c3)cc12. The van der Waals surface area contributed by atoms with Crippen LogP contribution in [0.4, 0.5) is 0 Å². The second-order valence-electron chi connectivity index (χ2n) is 10.5. The first kappa shape index (κ1) is 22.2. The number of hydrogen-bond donors (Lipinski definition) is 1. The lowest BCUT2D eigenvalue weighted by molar-refractivity contribution is 0.412. The molecule has 5 heteroatoms. The van der Waals surface area contributed by atoms with E-state index >= 15 is 0 Å². The van der Waals surface area contributed by atoms with Gasteiger partial charge in [0.25, 0.3) is 0 Å². The summed E-state index contributed by atoms with van der Waals surface area (Å²) in [6.45, 7) is 7.82. The number of hydrogen-bond acceptors (Lipinski definition) is 2. The summed E-state index contributed by atoms with van der Waals surface area (Å²) in [5.41, 5.74) is 5.04. The van der Waals surface area contributed by atoms with Gasteiger partial charge in [0, 0.05) is 30.2 Å². The van der Waals surface area contributed by atoms with Crippen molar-refractivity contribution in [2.75, 3.05) is 6.54 Å². The van der Waals surface area contributed by atoms with E-state index in [2.05, 4.69) is 96.9 Å². The normalized spacial score (nSPS) is 14.9. The van der Waals surface area contributed by atoms with E-state index in [9.17, 15) is 8.42 Å². The molecule has 0 saturated heterocycles. The van der Waals surface area contributed by atoms with E-state index in [0.29, 0.717) is 13.1 Å². The first-order chi connectivity index (χ1) is 15.7. The highest BCUT2D eigenvalue weighted by atomic mass is 32.2. The average molecular weight is 461 g/mol. The average Bonchev–Trinajstić information content (AvgIpc) is 3.58. The lowest BCUT2D eigenvalue weighted by atomic mass is 9.87. The lowest BCUT2D eigenvalue weighted by Crippen LogP contribution is -2.30. The molecule has 1 aliphatic carbocycles. The standard InChI is InChI=1S/C28H32N2O2S/c1-28(2,3)18-24-19-30(15-14-29-33(31,32)25-11-12-25)27-13-10-23(17-26(24)27)22-9-8-20-6-4-5-7-21(20)16-22/h4-10,13,16-17,19,25,29H,11-12,14-15,18H2,1-3H3. The van der Waals surface area contributed by atoms with Gasteiger partial charge in [0.15, 0.2) is 0 Å². The molecule has 3 aromatic carbocycles. The molecule has 172 valence electrons. The molecule has 0 amide bonds. The van der Waals surface area contributed by atoms with Gasteiger partial charge in [-0.25, -0.2) is 13.1 Å². The molecular formula is C28H32N2O2S. The molecule has 0 unspecified atom stereocenters. The maximum Gasteiger partial charge on any atom is 0.214 e. The summed E-state index contributed by atoms with van der Waals surface area (Å²) < 4.78 is 29.4. The van der Waals surface area contributed by atoms with E-state index in [4.69, 9.17) is 0 Å². The first-order valence-corrected chi connectivity index (χ1v) is 13.3. The van der Waals surface area contributed by atoms with Gasteiger partial charge in [-0.2, -0.15) is 0 Å². The number of aromatic nitrogens is 1. The minimum Gasteiger partial charge on any atom is -0.346 e. The van der Waals surface area contributed by atoms with Crippen LogP contribution in [0.2, 0.25) is 0 Å². The Hall–Kier alpha value is -2.63. The van der Waals surface area contributed by atoms with Crippen molar-refractivity contribution in [2.45, 2.75) is 51.8 Å². The molecule has 5 rings (SSSR count). The second-order valence-corrected chi connectivity index (χ2v) is 12.6. The van der Waals surface area contributed by atoms with Gasteiger partial charge in [0.1, 0.15) is 0 Å². The number of nitrogens with zero attached hydrogens (tertiary/aromatic N) is 1.